The van der Waals surface area contributed by atoms with Crippen LogP contribution >= 0.6 is 23.4 Å². The number of anilines is 2. The largest absolute Gasteiger partial charge is 0.489 e. The van der Waals surface area contributed by atoms with E-state index in [-0.39, 0.29) is 58.7 Å². The number of nitrogens with one attached hydrogen (secondary N) is 2. The number of likely N-dealkylation sites (N-methyl/N-ethyl adjacent to an activating group) is 2. The smallest absolute Gasteiger partial charge is 0.478 e. The van der Waals surface area contributed by atoms with Gasteiger partial charge in [-0.2, -0.15) is 8.62 Å². The number of carbonyl (C=O) groups is 2. The van der Waals surface area contributed by atoms with Gasteiger partial charge in [0.15, 0.2) is 23.2 Å². The summed E-state index contributed by atoms with van der Waals surface area (Å²) in [5, 5.41) is 38.7. The highest BCUT2D eigenvalue weighted by Gasteiger charge is 2.47. The topological polar surface area (TPSA) is 353 Å². The molecular formula is C53H67N9O16P3+. The summed E-state index contributed by atoms with van der Waals surface area (Å²) in [5.41, 5.74) is 12.6. The SMILES string of the molecule is CCN1c2cc3c(cc2C(C)=CC1(C)C)C(c1ccc(C(=O)NCCCCCCNP(=O)(O)OP(=O)(O)OP(=O)(O)OC[C@H]2O[C@@H](n4cnc5c(N)ncnc54)[C@H](O)[C@@H]2O)cc1C(=O)O)=c1cc2c(cc1O3)=[N+](CC)C(C)(C)C=C2C. The van der Waals surface area contributed by atoms with E-state index in [9.17, 15) is 53.3 Å². The summed E-state index contributed by atoms with van der Waals surface area (Å²) in [4.78, 5) is 71.7. The van der Waals surface area contributed by atoms with Gasteiger partial charge in [-0.25, -0.2) is 43.1 Å². The molecule has 3 aromatic carbocycles. The number of aliphatic hydroxyl groups excluding tert-OH is 2. The van der Waals surface area contributed by atoms with E-state index in [0.717, 1.165) is 63.5 Å². The predicted molar refractivity (Wildman–Crippen MR) is 300 cm³/mol. The molecule has 81 heavy (non-hydrogen) atoms. The summed E-state index contributed by atoms with van der Waals surface area (Å²) in [7, 11) is -16.5. The number of unbranched alkanes of at least 4 members (excludes halogenated alkanes) is 3. The second-order valence-electron chi connectivity index (χ2n) is 21.3. The first kappa shape index (κ1) is 59.6. The summed E-state index contributed by atoms with van der Waals surface area (Å²) < 4.78 is 67.1. The van der Waals surface area contributed by atoms with Gasteiger partial charge in [-0.05, 0) is 101 Å². The number of amides is 1. The van der Waals surface area contributed by atoms with Gasteiger partial charge < -0.3 is 55.4 Å². The number of hydrogen-bond acceptors (Lipinski definition) is 17. The quantitative estimate of drug-likeness (QED) is 0.0236. The number of aliphatic hydroxyl groups is 2. The van der Waals surface area contributed by atoms with Gasteiger partial charge in [0.1, 0.15) is 48.2 Å². The Morgan fingerprint density at radius 2 is 1.54 bits per heavy atom. The van der Waals surface area contributed by atoms with Crippen LogP contribution in [0, 0.1) is 0 Å². The van der Waals surface area contributed by atoms with Gasteiger partial charge in [0.2, 0.25) is 5.36 Å². The molecule has 4 aliphatic rings. The molecule has 5 aromatic rings. The third-order valence-corrected chi connectivity index (χ3v) is 19.3. The van der Waals surface area contributed by atoms with Crippen molar-refractivity contribution in [1.29, 1.82) is 0 Å². The summed E-state index contributed by atoms with van der Waals surface area (Å²) >= 11 is 0. The van der Waals surface area contributed by atoms with Crippen molar-refractivity contribution in [2.75, 3.05) is 43.4 Å². The monoisotopic (exact) mass is 1180 g/mol. The van der Waals surface area contributed by atoms with Gasteiger partial charge in [-0.1, -0.05) is 25.0 Å². The molecule has 0 radical (unpaired) electrons. The Morgan fingerprint density at radius 3 is 2.25 bits per heavy atom. The molecule has 0 aliphatic carbocycles. The maximum atomic E-state index is 13.6. The number of phosphoric acid groups is 2. The van der Waals surface area contributed by atoms with Crippen molar-refractivity contribution in [3.05, 3.63) is 111 Å². The van der Waals surface area contributed by atoms with E-state index < -0.39 is 66.4 Å². The number of aromatic carboxylic acids is 1. The van der Waals surface area contributed by atoms with E-state index >= 15 is 0 Å². The Kier molecular flexibility index (Phi) is 16.7. The number of hydrogen-bond donors (Lipinski definition) is 9. The molecule has 10 N–H and O–H groups in total. The molecule has 2 aromatic heterocycles. The molecule has 1 amide bonds. The molecule has 7 atom stereocenters. The number of aromatic nitrogens is 4. The number of nitrogen functional groups attached to an aromatic ring is 1. The van der Waals surface area contributed by atoms with Crippen molar-refractivity contribution < 1.29 is 75.9 Å². The van der Waals surface area contributed by atoms with Crippen molar-refractivity contribution in [3.63, 3.8) is 0 Å². The van der Waals surface area contributed by atoms with E-state index in [1.807, 2.05) is 0 Å². The number of benzene rings is 3. The number of nitrogens with two attached hydrogens (primary N) is 1. The lowest BCUT2D eigenvalue weighted by atomic mass is 9.83. The van der Waals surface area contributed by atoms with Crippen LogP contribution in [0.25, 0.3) is 27.9 Å². The number of ether oxygens (including phenoxy) is 2. The van der Waals surface area contributed by atoms with Crippen LogP contribution < -0.4 is 40.9 Å². The highest BCUT2D eigenvalue weighted by atomic mass is 31.3. The second-order valence-corrected chi connectivity index (χ2v) is 26.1. The van der Waals surface area contributed by atoms with E-state index in [1.165, 1.54) is 17.0 Å². The Morgan fingerprint density at radius 1 is 0.827 bits per heavy atom. The fraction of sp³-hybridized carbons (Fsp3) is 0.434. The summed E-state index contributed by atoms with van der Waals surface area (Å²) in [5.74, 6) is -0.524. The molecule has 9 rings (SSSR count). The molecule has 1 saturated heterocycles. The summed E-state index contributed by atoms with van der Waals surface area (Å²) in [6.07, 6.45) is 2.30. The number of fused-ring (bicyclic) bond motifs is 5. The number of allylic oxidation sites excluding steroid dienone is 2. The van der Waals surface area contributed by atoms with Crippen molar-refractivity contribution in [3.8, 4) is 11.5 Å². The summed E-state index contributed by atoms with van der Waals surface area (Å²) in [6.45, 7) is 17.5. The van der Waals surface area contributed by atoms with Crippen LogP contribution in [-0.2, 0) is 31.6 Å². The van der Waals surface area contributed by atoms with Gasteiger partial charge in [0, 0.05) is 78.3 Å². The van der Waals surface area contributed by atoms with E-state index in [4.69, 9.17) is 19.7 Å². The maximum Gasteiger partial charge on any atom is 0.489 e. The number of imidazole rings is 1. The molecular weight excluding hydrogens is 1110 g/mol. The van der Waals surface area contributed by atoms with Crippen LogP contribution in [0.5, 0.6) is 11.5 Å². The minimum atomic E-state index is -5.77. The van der Waals surface area contributed by atoms with E-state index in [2.05, 4.69) is 135 Å². The zero-order chi connectivity index (χ0) is 58.7. The van der Waals surface area contributed by atoms with Crippen LogP contribution in [0.4, 0.5) is 11.5 Å². The third kappa shape index (κ3) is 12.1. The highest BCUT2D eigenvalue weighted by molar-refractivity contribution is 7.67. The minimum absolute atomic E-state index is 0.0305. The average Bonchev–Trinajstić information content (AvgIpc) is 3.97. The Labute approximate surface area is 466 Å². The Balaban J connectivity index is 0.808. The molecule has 0 bridgehead atoms. The number of carbonyl (C=O) groups excluding carboxylic acids is 1. The molecule has 3 unspecified atom stereocenters. The van der Waals surface area contributed by atoms with E-state index in [1.54, 1.807) is 12.1 Å². The predicted octanol–water partition coefficient (Wildman–Crippen LogP) is 5.74. The first-order valence-electron chi connectivity index (χ1n) is 26.3. The first-order valence-corrected chi connectivity index (χ1v) is 30.9. The molecule has 6 heterocycles. The van der Waals surface area contributed by atoms with Gasteiger partial charge in [-0.15, -0.1) is 0 Å². The molecule has 0 saturated carbocycles. The van der Waals surface area contributed by atoms with Crippen molar-refractivity contribution in [1.82, 2.24) is 34.5 Å². The molecule has 0 spiro atoms. The second kappa shape index (κ2) is 22.6. The lowest BCUT2D eigenvalue weighted by Gasteiger charge is -2.43. The number of phosphoric ester groups is 1. The van der Waals surface area contributed by atoms with Crippen LogP contribution in [0.15, 0.2) is 67.3 Å². The third-order valence-electron chi connectivity index (χ3n) is 14.9. The zero-order valence-electron chi connectivity index (χ0n) is 45.9. The minimum Gasteiger partial charge on any atom is -0.478 e. The molecule has 4 aliphatic heterocycles. The molecule has 25 nitrogen and oxygen atoms in total. The Bertz CT molecular complexity index is 3720. The van der Waals surface area contributed by atoms with Gasteiger partial charge in [0.25, 0.3) is 5.91 Å². The van der Waals surface area contributed by atoms with Crippen LogP contribution in [0.3, 0.4) is 0 Å². The van der Waals surface area contributed by atoms with Gasteiger partial charge in [0.05, 0.1) is 30.1 Å². The average molecular weight is 1180 g/mol. The van der Waals surface area contributed by atoms with E-state index in [0.29, 0.717) is 41.9 Å². The highest BCUT2D eigenvalue weighted by Crippen LogP contribution is 2.66. The lowest BCUT2D eigenvalue weighted by Crippen LogP contribution is -2.49. The summed E-state index contributed by atoms with van der Waals surface area (Å²) in [6, 6.07) is 12.9. The van der Waals surface area contributed by atoms with Crippen LogP contribution in [0.1, 0.15) is 130 Å². The first-order chi connectivity index (χ1) is 38.1. The molecule has 434 valence electrons. The maximum absolute atomic E-state index is 13.6. The molecule has 28 heteroatoms. The van der Waals surface area contributed by atoms with Crippen LogP contribution in [-0.4, -0.2) is 124 Å². The van der Waals surface area contributed by atoms with Crippen LogP contribution in [0.2, 0.25) is 0 Å². The Hall–Kier alpha value is -6.01. The fourth-order valence-corrected chi connectivity index (χ4v) is 15.1. The number of nitrogens with zero attached hydrogens (tertiary/aromatic N) is 6. The standard InChI is InChI=1S/C53H66N9O16P3/c1-9-61-38-22-40-36(20-33(38)29(3)24-52(61,5)6)43(37-21-34-30(4)25-53(7,8)62(10-2)39(34)23-41(37)75-40)32-16-15-31(19-35(32)51(66)67)49(65)55-17-13-11-12-14-18-59-79(68,69)77-81(72,73)78-80(70,71)74-26-42-45(63)46(64)50(76-42)60-28-58-44-47(54)56-27-57-48(44)60/h15-16,19-25,27-28,42,45-46,50,63-64H,9-14,17-18,26H2,1-8H3,(H7-,54,55,56,57,59,65,66,67,68,69,70,71,72,73)/p+1/t42-,45-,46-,50-/m1/s1. The van der Waals surface area contributed by atoms with Crippen molar-refractivity contribution >= 4 is 74.7 Å². The molecule has 1 fully saturated rings. The van der Waals surface area contributed by atoms with Crippen molar-refractivity contribution in [2.24, 2.45) is 0 Å². The zero-order valence-corrected chi connectivity index (χ0v) is 48.6. The number of carboxylic acid groups (broad SMARTS) is 1. The normalized spacial score (nSPS) is 22.0. The number of carboxylic acids is 1. The van der Waals surface area contributed by atoms with Gasteiger partial charge in [-0.3, -0.25) is 13.9 Å². The lowest BCUT2D eigenvalue weighted by molar-refractivity contribution is -0.0503. The fourth-order valence-electron chi connectivity index (χ4n) is 11.3. The van der Waals surface area contributed by atoms with Gasteiger partial charge >= 0.3 is 29.4 Å². The number of rotatable bonds is 21. The van der Waals surface area contributed by atoms with Crippen molar-refractivity contribution in [2.45, 2.75) is 117 Å².